The van der Waals surface area contributed by atoms with Crippen molar-refractivity contribution in [1.82, 2.24) is 0 Å². The van der Waals surface area contributed by atoms with Crippen molar-refractivity contribution in [2.45, 2.75) is 12.8 Å². The van der Waals surface area contributed by atoms with Crippen LogP contribution in [0.15, 0.2) is 30.3 Å². The number of hydrogen-bond acceptors (Lipinski definition) is 1. The van der Waals surface area contributed by atoms with Crippen LogP contribution in [0.2, 0.25) is 0 Å². The molecule has 1 aliphatic carbocycles. The number of rotatable bonds is 1. The van der Waals surface area contributed by atoms with Crippen LogP contribution in [0.1, 0.15) is 18.4 Å². The monoisotopic (exact) mass is 188 g/mol. The minimum atomic E-state index is 0.753. The van der Waals surface area contributed by atoms with Crippen molar-refractivity contribution < 1.29 is 4.74 Å². The second kappa shape index (κ2) is 3.09. The van der Waals surface area contributed by atoms with Gasteiger partial charge in [-0.2, -0.15) is 0 Å². The molecule has 1 aliphatic heterocycles. The van der Waals surface area contributed by atoms with E-state index < -0.39 is 0 Å². The molecule has 1 nitrogen and oxygen atoms in total. The van der Waals surface area contributed by atoms with E-state index >= 15 is 0 Å². The van der Waals surface area contributed by atoms with Gasteiger partial charge in [-0.05, 0) is 29.2 Å². The standard InChI is InChI=1S/C13H16O/c1-9-11-7-14-8-12(11)13(9)10-5-3-2-4-6-10/h2-6,9,11-13H,7-8H2,1H3/t9-,11-,12-,13+/m1/s1. The molecule has 1 aromatic carbocycles. The normalized spacial score (nSPS) is 40.4. The Kier molecular flexibility index (Phi) is 1.88. The van der Waals surface area contributed by atoms with Gasteiger partial charge in [0, 0.05) is 0 Å². The zero-order valence-electron chi connectivity index (χ0n) is 8.52. The average molecular weight is 188 g/mol. The molecule has 0 radical (unpaired) electrons. The predicted molar refractivity (Wildman–Crippen MR) is 56.1 cm³/mol. The molecule has 0 aromatic heterocycles. The number of benzene rings is 1. The van der Waals surface area contributed by atoms with Crippen LogP contribution in [0.3, 0.4) is 0 Å². The van der Waals surface area contributed by atoms with Crippen LogP contribution in [-0.2, 0) is 4.74 Å². The summed E-state index contributed by atoms with van der Waals surface area (Å²) in [5, 5.41) is 0. The fourth-order valence-corrected chi connectivity index (χ4v) is 3.24. The van der Waals surface area contributed by atoms with Crippen LogP contribution in [0, 0.1) is 17.8 Å². The molecule has 0 bridgehead atoms. The quantitative estimate of drug-likeness (QED) is 0.658. The fourth-order valence-electron chi connectivity index (χ4n) is 3.24. The van der Waals surface area contributed by atoms with Gasteiger partial charge >= 0.3 is 0 Å². The third-order valence-electron chi connectivity index (χ3n) is 4.06. The minimum Gasteiger partial charge on any atom is -0.381 e. The van der Waals surface area contributed by atoms with Crippen LogP contribution in [0.25, 0.3) is 0 Å². The summed E-state index contributed by atoms with van der Waals surface area (Å²) in [4.78, 5) is 0. The van der Waals surface area contributed by atoms with Gasteiger partial charge in [0.2, 0.25) is 0 Å². The molecule has 1 heteroatoms. The molecule has 2 fully saturated rings. The highest BCUT2D eigenvalue weighted by molar-refractivity contribution is 5.25. The van der Waals surface area contributed by atoms with Gasteiger partial charge in [0.15, 0.2) is 0 Å². The van der Waals surface area contributed by atoms with E-state index in [9.17, 15) is 0 Å². The molecule has 1 heterocycles. The van der Waals surface area contributed by atoms with Gasteiger partial charge in [-0.15, -0.1) is 0 Å². The van der Waals surface area contributed by atoms with E-state index in [0.29, 0.717) is 0 Å². The summed E-state index contributed by atoms with van der Waals surface area (Å²) in [6.45, 7) is 4.34. The first kappa shape index (κ1) is 8.49. The maximum atomic E-state index is 5.55. The van der Waals surface area contributed by atoms with Crippen molar-refractivity contribution in [2.75, 3.05) is 13.2 Å². The van der Waals surface area contributed by atoms with E-state index in [1.807, 2.05) is 0 Å². The second-order valence-corrected chi connectivity index (χ2v) is 4.66. The Morgan fingerprint density at radius 1 is 1.07 bits per heavy atom. The van der Waals surface area contributed by atoms with Crippen molar-refractivity contribution >= 4 is 0 Å². The van der Waals surface area contributed by atoms with Gasteiger partial charge in [0.05, 0.1) is 13.2 Å². The Balaban J connectivity index is 1.87. The summed E-state index contributed by atoms with van der Waals surface area (Å²) in [6.07, 6.45) is 0. The van der Waals surface area contributed by atoms with Crippen molar-refractivity contribution in [3.05, 3.63) is 35.9 Å². The molecule has 1 aromatic rings. The van der Waals surface area contributed by atoms with Crippen LogP contribution >= 0.6 is 0 Å². The van der Waals surface area contributed by atoms with Crippen molar-refractivity contribution in [1.29, 1.82) is 0 Å². The van der Waals surface area contributed by atoms with E-state index in [0.717, 1.165) is 36.9 Å². The molecule has 2 aliphatic rings. The molecule has 1 saturated carbocycles. The summed E-state index contributed by atoms with van der Waals surface area (Å²) < 4.78 is 5.55. The Hall–Kier alpha value is -0.820. The van der Waals surface area contributed by atoms with Crippen molar-refractivity contribution in [2.24, 2.45) is 17.8 Å². The van der Waals surface area contributed by atoms with Gasteiger partial charge in [-0.1, -0.05) is 37.3 Å². The third kappa shape index (κ3) is 1.05. The maximum absolute atomic E-state index is 5.55. The van der Waals surface area contributed by atoms with Crippen LogP contribution < -0.4 is 0 Å². The largest absolute Gasteiger partial charge is 0.381 e. The molecule has 0 unspecified atom stereocenters. The van der Waals surface area contributed by atoms with Crippen molar-refractivity contribution in [3.8, 4) is 0 Å². The smallest absolute Gasteiger partial charge is 0.0503 e. The zero-order valence-corrected chi connectivity index (χ0v) is 8.52. The lowest BCUT2D eigenvalue weighted by Crippen LogP contribution is -2.42. The molecule has 3 rings (SSSR count). The summed E-state index contributed by atoms with van der Waals surface area (Å²) in [5.41, 5.74) is 1.51. The third-order valence-corrected chi connectivity index (χ3v) is 4.06. The first-order valence-corrected chi connectivity index (χ1v) is 5.50. The van der Waals surface area contributed by atoms with Crippen molar-refractivity contribution in [3.63, 3.8) is 0 Å². The maximum Gasteiger partial charge on any atom is 0.0503 e. The lowest BCUT2D eigenvalue weighted by Gasteiger charge is -2.46. The number of ether oxygens (including phenoxy) is 1. The van der Waals surface area contributed by atoms with E-state index in [1.54, 1.807) is 0 Å². The SMILES string of the molecule is C[C@@H]1[C@H]2COC[C@H]2[C@@H]1c1ccccc1. The van der Waals surface area contributed by atoms with Crippen LogP contribution in [-0.4, -0.2) is 13.2 Å². The summed E-state index contributed by atoms with van der Waals surface area (Å²) in [6, 6.07) is 10.9. The number of hydrogen-bond donors (Lipinski definition) is 0. The Labute approximate surface area is 85.1 Å². The summed E-state index contributed by atoms with van der Waals surface area (Å²) in [7, 11) is 0. The van der Waals surface area contributed by atoms with Gasteiger partial charge in [-0.25, -0.2) is 0 Å². The lowest BCUT2D eigenvalue weighted by atomic mass is 9.57. The average Bonchev–Trinajstić information content (AvgIpc) is 2.63. The van der Waals surface area contributed by atoms with Crippen LogP contribution in [0.4, 0.5) is 0 Å². The summed E-state index contributed by atoms with van der Waals surface area (Å²) in [5.74, 6) is 3.20. The van der Waals surface area contributed by atoms with E-state index in [-0.39, 0.29) is 0 Å². The molecule has 0 amide bonds. The predicted octanol–water partition coefficient (Wildman–Crippen LogP) is 2.68. The Morgan fingerprint density at radius 2 is 1.79 bits per heavy atom. The summed E-state index contributed by atoms with van der Waals surface area (Å²) >= 11 is 0. The minimum absolute atomic E-state index is 0.753. The Bertz CT molecular complexity index is 319. The molecule has 4 atom stereocenters. The second-order valence-electron chi connectivity index (χ2n) is 4.66. The molecule has 14 heavy (non-hydrogen) atoms. The molecular formula is C13H16O. The number of fused-ring (bicyclic) bond motifs is 1. The highest BCUT2D eigenvalue weighted by atomic mass is 16.5. The van der Waals surface area contributed by atoms with Gasteiger partial charge < -0.3 is 4.74 Å². The lowest BCUT2D eigenvalue weighted by molar-refractivity contribution is 0.0929. The zero-order chi connectivity index (χ0) is 9.54. The first-order valence-electron chi connectivity index (χ1n) is 5.50. The highest BCUT2D eigenvalue weighted by Crippen LogP contribution is 2.54. The first-order chi connectivity index (χ1) is 6.88. The Morgan fingerprint density at radius 3 is 2.57 bits per heavy atom. The van der Waals surface area contributed by atoms with E-state index in [1.165, 1.54) is 5.56 Å². The van der Waals surface area contributed by atoms with Gasteiger partial charge in [0.25, 0.3) is 0 Å². The molecular weight excluding hydrogens is 172 g/mol. The van der Waals surface area contributed by atoms with Gasteiger partial charge in [-0.3, -0.25) is 0 Å². The molecule has 0 spiro atoms. The topological polar surface area (TPSA) is 9.23 Å². The highest BCUT2D eigenvalue weighted by Gasteiger charge is 2.51. The molecule has 74 valence electrons. The van der Waals surface area contributed by atoms with Crippen LogP contribution in [0.5, 0.6) is 0 Å². The van der Waals surface area contributed by atoms with E-state index in [4.69, 9.17) is 4.74 Å². The van der Waals surface area contributed by atoms with E-state index in [2.05, 4.69) is 37.3 Å². The van der Waals surface area contributed by atoms with Gasteiger partial charge in [0.1, 0.15) is 0 Å². The fraction of sp³-hybridized carbons (Fsp3) is 0.538. The molecule has 1 saturated heterocycles. The molecule has 0 N–H and O–H groups in total.